The Balaban J connectivity index is 1.63. The van der Waals surface area contributed by atoms with Crippen molar-refractivity contribution in [1.29, 1.82) is 0 Å². The summed E-state index contributed by atoms with van der Waals surface area (Å²) in [6.07, 6.45) is 1.51. The van der Waals surface area contributed by atoms with Crippen LogP contribution in [0.2, 0.25) is 5.02 Å². The van der Waals surface area contributed by atoms with E-state index in [0.717, 1.165) is 11.3 Å². The number of nitrogens with zero attached hydrogens (tertiary/aromatic N) is 3. The maximum Gasteiger partial charge on any atom is 0.338 e. The van der Waals surface area contributed by atoms with Gasteiger partial charge in [-0.15, -0.1) is 5.10 Å². The van der Waals surface area contributed by atoms with Crippen molar-refractivity contribution in [1.82, 2.24) is 15.2 Å². The Labute approximate surface area is 161 Å². The van der Waals surface area contributed by atoms with Gasteiger partial charge in [0.1, 0.15) is 0 Å². The number of hydrogen-bond acceptors (Lipinski definition) is 7. The van der Waals surface area contributed by atoms with E-state index in [4.69, 9.17) is 16.3 Å². The highest BCUT2D eigenvalue weighted by Gasteiger charge is 2.07. The molecule has 2 N–H and O–H groups in total. The van der Waals surface area contributed by atoms with Crippen LogP contribution >= 0.6 is 11.6 Å². The molecule has 0 aliphatic carbocycles. The molecule has 0 aliphatic rings. The minimum Gasteiger partial charge on any atom is -0.462 e. The predicted octanol–water partition coefficient (Wildman–Crippen LogP) is 4.06. The molecule has 0 atom stereocenters. The predicted molar refractivity (Wildman–Crippen MR) is 104 cm³/mol. The summed E-state index contributed by atoms with van der Waals surface area (Å²) in [5.41, 5.74) is 2.20. The van der Waals surface area contributed by atoms with Gasteiger partial charge < -0.3 is 15.4 Å². The van der Waals surface area contributed by atoms with E-state index in [9.17, 15) is 4.79 Å². The Morgan fingerprint density at radius 3 is 2.67 bits per heavy atom. The number of benzene rings is 2. The number of carbonyl (C=O) groups is 1. The van der Waals surface area contributed by atoms with Crippen LogP contribution < -0.4 is 10.6 Å². The number of esters is 1. The van der Waals surface area contributed by atoms with Gasteiger partial charge in [0.05, 0.1) is 18.4 Å². The van der Waals surface area contributed by atoms with E-state index in [2.05, 4.69) is 25.8 Å². The second-order valence-electron chi connectivity index (χ2n) is 5.53. The van der Waals surface area contributed by atoms with Crippen LogP contribution in [0.5, 0.6) is 0 Å². The SMILES string of the molecule is CCOC(=O)c1ccc(Nc2cnnc(NCc3ccccc3Cl)n2)cc1. The van der Waals surface area contributed by atoms with E-state index < -0.39 is 0 Å². The highest BCUT2D eigenvalue weighted by Crippen LogP contribution is 2.18. The minimum absolute atomic E-state index is 0.343. The van der Waals surface area contributed by atoms with E-state index in [-0.39, 0.29) is 5.97 Å². The van der Waals surface area contributed by atoms with Crippen LogP contribution in [0.15, 0.2) is 54.7 Å². The lowest BCUT2D eigenvalue weighted by molar-refractivity contribution is 0.0526. The van der Waals surface area contributed by atoms with Crippen molar-refractivity contribution < 1.29 is 9.53 Å². The lowest BCUT2D eigenvalue weighted by atomic mass is 10.2. The van der Waals surface area contributed by atoms with Gasteiger partial charge in [-0.25, -0.2) is 4.79 Å². The molecular formula is C19H18ClN5O2. The highest BCUT2D eigenvalue weighted by molar-refractivity contribution is 6.31. The van der Waals surface area contributed by atoms with Crippen LogP contribution in [0, 0.1) is 0 Å². The molecule has 0 unspecified atom stereocenters. The smallest absolute Gasteiger partial charge is 0.338 e. The van der Waals surface area contributed by atoms with Gasteiger partial charge in [0, 0.05) is 17.3 Å². The average molecular weight is 384 g/mol. The largest absolute Gasteiger partial charge is 0.462 e. The molecule has 0 saturated heterocycles. The average Bonchev–Trinajstić information content (AvgIpc) is 2.68. The number of ether oxygens (including phenoxy) is 1. The first kappa shape index (κ1) is 18.6. The highest BCUT2D eigenvalue weighted by atomic mass is 35.5. The van der Waals surface area contributed by atoms with Crippen molar-refractivity contribution in [3.63, 3.8) is 0 Å². The molecule has 0 aliphatic heterocycles. The van der Waals surface area contributed by atoms with Gasteiger partial charge in [-0.3, -0.25) is 0 Å². The fraction of sp³-hybridized carbons (Fsp3) is 0.158. The third-order valence-electron chi connectivity index (χ3n) is 3.62. The van der Waals surface area contributed by atoms with Crippen molar-refractivity contribution in [3.05, 3.63) is 70.9 Å². The first-order chi connectivity index (χ1) is 13.2. The summed E-state index contributed by atoms with van der Waals surface area (Å²) in [7, 11) is 0. The molecule has 138 valence electrons. The third-order valence-corrected chi connectivity index (χ3v) is 3.99. The molecule has 8 heteroatoms. The van der Waals surface area contributed by atoms with E-state index in [1.807, 2.05) is 24.3 Å². The molecule has 0 fully saturated rings. The molecule has 1 aromatic heterocycles. The third kappa shape index (κ3) is 5.15. The Morgan fingerprint density at radius 2 is 1.93 bits per heavy atom. The van der Waals surface area contributed by atoms with Gasteiger partial charge in [-0.2, -0.15) is 10.1 Å². The number of halogens is 1. The summed E-state index contributed by atoms with van der Waals surface area (Å²) >= 11 is 6.14. The van der Waals surface area contributed by atoms with Gasteiger partial charge in [-0.05, 0) is 42.8 Å². The summed E-state index contributed by atoms with van der Waals surface area (Å²) in [6, 6.07) is 14.5. The Bertz CT molecular complexity index is 918. The topological polar surface area (TPSA) is 89.0 Å². The van der Waals surface area contributed by atoms with E-state index in [1.54, 1.807) is 31.2 Å². The first-order valence-electron chi connectivity index (χ1n) is 8.37. The quantitative estimate of drug-likeness (QED) is 0.594. The summed E-state index contributed by atoms with van der Waals surface area (Å²) in [4.78, 5) is 16.1. The van der Waals surface area contributed by atoms with Gasteiger partial charge in [0.2, 0.25) is 5.95 Å². The normalized spacial score (nSPS) is 10.3. The number of rotatable bonds is 7. The summed E-state index contributed by atoms with van der Waals surface area (Å²) < 4.78 is 4.97. The fourth-order valence-electron chi connectivity index (χ4n) is 2.31. The zero-order valence-corrected chi connectivity index (χ0v) is 15.4. The van der Waals surface area contributed by atoms with Gasteiger partial charge in [0.25, 0.3) is 0 Å². The van der Waals surface area contributed by atoms with Crippen LogP contribution in [-0.2, 0) is 11.3 Å². The standard InChI is InChI=1S/C19H18ClN5O2/c1-2-27-18(26)13-7-9-15(10-8-13)23-17-12-22-25-19(24-17)21-11-14-5-3-4-6-16(14)20/h3-10,12H,2,11H2,1H3,(H2,21,23,24,25). The second kappa shape index (κ2) is 8.95. The maximum atomic E-state index is 11.7. The van der Waals surface area contributed by atoms with Crippen LogP contribution in [0.25, 0.3) is 0 Å². The Hall–Kier alpha value is -3.19. The number of anilines is 3. The second-order valence-corrected chi connectivity index (χ2v) is 5.94. The molecule has 0 spiro atoms. The monoisotopic (exact) mass is 383 g/mol. The molecule has 0 bridgehead atoms. The van der Waals surface area contributed by atoms with Gasteiger partial charge >= 0.3 is 5.97 Å². The number of carbonyl (C=O) groups excluding carboxylic acids is 1. The van der Waals surface area contributed by atoms with Crippen molar-refractivity contribution in [3.8, 4) is 0 Å². The van der Waals surface area contributed by atoms with Crippen molar-refractivity contribution in [2.75, 3.05) is 17.2 Å². The van der Waals surface area contributed by atoms with Crippen LogP contribution in [-0.4, -0.2) is 27.8 Å². The molecule has 3 aromatic rings. The van der Waals surface area contributed by atoms with Crippen molar-refractivity contribution >= 4 is 35.0 Å². The summed E-state index contributed by atoms with van der Waals surface area (Å²) in [5.74, 6) is 0.553. The lowest BCUT2D eigenvalue weighted by Crippen LogP contribution is -2.07. The zero-order chi connectivity index (χ0) is 19.1. The molecule has 2 aromatic carbocycles. The van der Waals surface area contributed by atoms with E-state index >= 15 is 0 Å². The molecule has 3 rings (SSSR count). The Morgan fingerprint density at radius 1 is 1.15 bits per heavy atom. The number of hydrogen-bond donors (Lipinski definition) is 2. The van der Waals surface area contributed by atoms with Crippen LogP contribution in [0.1, 0.15) is 22.8 Å². The molecule has 0 saturated carbocycles. The zero-order valence-electron chi connectivity index (χ0n) is 14.6. The van der Waals surface area contributed by atoms with Crippen LogP contribution in [0.4, 0.5) is 17.5 Å². The molecule has 7 nitrogen and oxygen atoms in total. The summed E-state index contributed by atoms with van der Waals surface area (Å²) in [6.45, 7) is 2.60. The maximum absolute atomic E-state index is 11.7. The van der Waals surface area contributed by atoms with E-state index in [0.29, 0.717) is 35.5 Å². The molecule has 0 radical (unpaired) electrons. The van der Waals surface area contributed by atoms with Crippen LogP contribution in [0.3, 0.4) is 0 Å². The summed E-state index contributed by atoms with van der Waals surface area (Å²) in [5, 5.41) is 14.8. The van der Waals surface area contributed by atoms with Gasteiger partial charge in [-0.1, -0.05) is 29.8 Å². The molecule has 1 heterocycles. The number of nitrogens with one attached hydrogen (secondary N) is 2. The Kier molecular flexibility index (Phi) is 6.17. The van der Waals surface area contributed by atoms with E-state index in [1.165, 1.54) is 6.20 Å². The number of aromatic nitrogens is 3. The lowest BCUT2D eigenvalue weighted by Gasteiger charge is -2.09. The van der Waals surface area contributed by atoms with Gasteiger partial charge in [0.15, 0.2) is 5.82 Å². The van der Waals surface area contributed by atoms with Crippen molar-refractivity contribution in [2.24, 2.45) is 0 Å². The fourth-order valence-corrected chi connectivity index (χ4v) is 2.51. The first-order valence-corrected chi connectivity index (χ1v) is 8.74. The molecule has 0 amide bonds. The van der Waals surface area contributed by atoms with Crippen molar-refractivity contribution in [2.45, 2.75) is 13.5 Å². The minimum atomic E-state index is -0.348. The molecule has 27 heavy (non-hydrogen) atoms. The molecular weight excluding hydrogens is 366 g/mol.